The fourth-order valence-corrected chi connectivity index (χ4v) is 2.03. The van der Waals surface area contributed by atoms with Crippen LogP contribution in [0.25, 0.3) is 0 Å². The van der Waals surface area contributed by atoms with Gasteiger partial charge in [0.25, 0.3) is 0 Å². The Balaban J connectivity index is 2.10. The number of carbonyl (C=O) groups excluding carboxylic acids is 1. The first-order valence-electron chi connectivity index (χ1n) is 5.44. The molecule has 0 spiro atoms. The number of carboxylic acid groups (broad SMARTS) is 1. The summed E-state index contributed by atoms with van der Waals surface area (Å²) in [4.78, 5) is 21.7. The summed E-state index contributed by atoms with van der Waals surface area (Å²) in [5.74, 6) is -0.107. The van der Waals surface area contributed by atoms with Crippen LogP contribution in [0.15, 0.2) is 0 Å². The van der Waals surface area contributed by atoms with Crippen molar-refractivity contribution >= 4 is 11.8 Å². The first-order chi connectivity index (χ1) is 6.70. The molecule has 1 rings (SSSR count). The SMILES string of the molecule is O=C(O)CCCCC1CCCCC1=O. The van der Waals surface area contributed by atoms with Crippen molar-refractivity contribution in [1.29, 1.82) is 0 Å². The summed E-state index contributed by atoms with van der Waals surface area (Å²) in [6, 6.07) is 0. The maximum absolute atomic E-state index is 11.4. The lowest BCUT2D eigenvalue weighted by atomic mass is 9.84. The highest BCUT2D eigenvalue weighted by molar-refractivity contribution is 5.81. The Bertz CT molecular complexity index is 211. The van der Waals surface area contributed by atoms with Gasteiger partial charge in [0.05, 0.1) is 0 Å². The van der Waals surface area contributed by atoms with E-state index in [9.17, 15) is 9.59 Å². The molecule has 3 heteroatoms. The minimum Gasteiger partial charge on any atom is -0.481 e. The molecule has 0 saturated heterocycles. The molecule has 1 saturated carbocycles. The van der Waals surface area contributed by atoms with Gasteiger partial charge in [-0.05, 0) is 25.7 Å². The topological polar surface area (TPSA) is 54.4 Å². The Morgan fingerprint density at radius 3 is 2.79 bits per heavy atom. The number of carboxylic acids is 1. The van der Waals surface area contributed by atoms with Crippen LogP contribution in [0, 0.1) is 5.92 Å². The lowest BCUT2D eigenvalue weighted by molar-refractivity contribution is -0.137. The van der Waals surface area contributed by atoms with Crippen LogP contribution < -0.4 is 0 Å². The van der Waals surface area contributed by atoms with E-state index in [4.69, 9.17) is 5.11 Å². The molecule has 1 aliphatic rings. The van der Waals surface area contributed by atoms with Crippen molar-refractivity contribution in [3.8, 4) is 0 Å². The number of unbranched alkanes of at least 4 members (excludes halogenated alkanes) is 1. The number of ketones is 1. The highest BCUT2D eigenvalue weighted by Gasteiger charge is 2.21. The molecule has 1 unspecified atom stereocenters. The predicted molar refractivity (Wildman–Crippen MR) is 53.1 cm³/mol. The third-order valence-corrected chi connectivity index (χ3v) is 2.87. The Morgan fingerprint density at radius 2 is 2.14 bits per heavy atom. The molecule has 1 aliphatic carbocycles. The summed E-state index contributed by atoms with van der Waals surface area (Å²) in [7, 11) is 0. The van der Waals surface area contributed by atoms with Gasteiger partial charge in [-0.2, -0.15) is 0 Å². The highest BCUT2D eigenvalue weighted by Crippen LogP contribution is 2.25. The lowest BCUT2D eigenvalue weighted by Gasteiger charge is -2.19. The summed E-state index contributed by atoms with van der Waals surface area (Å²) >= 11 is 0. The van der Waals surface area contributed by atoms with Gasteiger partial charge >= 0.3 is 5.97 Å². The molecular formula is C11H18O3. The quantitative estimate of drug-likeness (QED) is 0.690. The molecule has 3 nitrogen and oxygen atoms in total. The fraction of sp³-hybridized carbons (Fsp3) is 0.818. The van der Waals surface area contributed by atoms with Crippen LogP contribution in [0.2, 0.25) is 0 Å². The zero-order valence-electron chi connectivity index (χ0n) is 8.50. The van der Waals surface area contributed by atoms with Crippen LogP contribution in [0.1, 0.15) is 51.4 Å². The van der Waals surface area contributed by atoms with Crippen LogP contribution in [-0.4, -0.2) is 16.9 Å². The molecule has 14 heavy (non-hydrogen) atoms. The van der Waals surface area contributed by atoms with Crippen molar-refractivity contribution < 1.29 is 14.7 Å². The summed E-state index contributed by atoms with van der Waals surface area (Å²) in [6.07, 6.45) is 6.68. The van der Waals surface area contributed by atoms with Gasteiger partial charge in [0.15, 0.2) is 0 Å². The van der Waals surface area contributed by atoms with Gasteiger partial charge in [0.1, 0.15) is 5.78 Å². The molecule has 1 N–H and O–H groups in total. The van der Waals surface area contributed by atoms with E-state index in [1.54, 1.807) is 0 Å². The molecule has 0 aromatic rings. The van der Waals surface area contributed by atoms with Gasteiger partial charge < -0.3 is 5.11 Å². The van der Waals surface area contributed by atoms with E-state index in [1.807, 2.05) is 0 Å². The number of Topliss-reactive ketones (excluding diaryl/α,β-unsaturated/α-hetero) is 1. The molecule has 80 valence electrons. The third-order valence-electron chi connectivity index (χ3n) is 2.87. The third kappa shape index (κ3) is 3.90. The Morgan fingerprint density at radius 1 is 1.36 bits per heavy atom. The molecule has 0 aliphatic heterocycles. The van der Waals surface area contributed by atoms with E-state index in [0.29, 0.717) is 12.2 Å². The van der Waals surface area contributed by atoms with Gasteiger partial charge in [-0.25, -0.2) is 0 Å². The monoisotopic (exact) mass is 198 g/mol. The van der Waals surface area contributed by atoms with E-state index < -0.39 is 5.97 Å². The molecule has 1 fully saturated rings. The largest absolute Gasteiger partial charge is 0.481 e. The number of aliphatic carboxylic acids is 1. The van der Waals surface area contributed by atoms with Gasteiger partial charge in [-0.15, -0.1) is 0 Å². The zero-order chi connectivity index (χ0) is 10.4. The van der Waals surface area contributed by atoms with E-state index >= 15 is 0 Å². The number of carbonyl (C=O) groups is 2. The van der Waals surface area contributed by atoms with E-state index in [1.165, 1.54) is 0 Å². The molecule has 0 amide bonds. The van der Waals surface area contributed by atoms with Gasteiger partial charge in [-0.1, -0.05) is 12.8 Å². The first kappa shape index (κ1) is 11.2. The Labute approximate surface area is 84.5 Å². The molecule has 0 radical (unpaired) electrons. The van der Waals surface area contributed by atoms with Crippen LogP contribution in [0.5, 0.6) is 0 Å². The number of hydrogen-bond donors (Lipinski definition) is 1. The molecule has 0 heterocycles. The summed E-state index contributed by atoms with van der Waals surface area (Å²) < 4.78 is 0. The average Bonchev–Trinajstić information content (AvgIpc) is 2.15. The summed E-state index contributed by atoms with van der Waals surface area (Å²) in [6.45, 7) is 0. The summed E-state index contributed by atoms with van der Waals surface area (Å²) in [5.41, 5.74) is 0. The second kappa shape index (κ2) is 5.78. The number of rotatable bonds is 5. The maximum Gasteiger partial charge on any atom is 0.303 e. The van der Waals surface area contributed by atoms with Crippen LogP contribution in [0.3, 0.4) is 0 Å². The smallest absolute Gasteiger partial charge is 0.303 e. The second-order valence-corrected chi connectivity index (χ2v) is 4.05. The van der Waals surface area contributed by atoms with Crippen molar-refractivity contribution in [3.05, 3.63) is 0 Å². The van der Waals surface area contributed by atoms with Gasteiger partial charge in [0.2, 0.25) is 0 Å². The Hall–Kier alpha value is -0.860. The average molecular weight is 198 g/mol. The highest BCUT2D eigenvalue weighted by atomic mass is 16.4. The van der Waals surface area contributed by atoms with Crippen molar-refractivity contribution in [1.82, 2.24) is 0 Å². The summed E-state index contributed by atoms with van der Waals surface area (Å²) in [5, 5.41) is 8.44. The van der Waals surface area contributed by atoms with E-state index in [-0.39, 0.29) is 12.3 Å². The van der Waals surface area contributed by atoms with E-state index in [2.05, 4.69) is 0 Å². The van der Waals surface area contributed by atoms with Crippen LogP contribution >= 0.6 is 0 Å². The molecule has 1 atom stereocenters. The first-order valence-corrected chi connectivity index (χ1v) is 5.44. The van der Waals surface area contributed by atoms with Crippen LogP contribution in [-0.2, 0) is 9.59 Å². The minimum absolute atomic E-state index is 0.234. The molecule has 0 aromatic heterocycles. The Kier molecular flexibility index (Phi) is 4.63. The fourth-order valence-electron chi connectivity index (χ4n) is 2.03. The van der Waals surface area contributed by atoms with E-state index in [0.717, 1.165) is 38.5 Å². The lowest BCUT2D eigenvalue weighted by Crippen LogP contribution is -2.18. The minimum atomic E-state index is -0.736. The molecular weight excluding hydrogens is 180 g/mol. The number of hydrogen-bond acceptors (Lipinski definition) is 2. The van der Waals surface area contributed by atoms with Crippen molar-refractivity contribution in [3.63, 3.8) is 0 Å². The van der Waals surface area contributed by atoms with Crippen LogP contribution in [0.4, 0.5) is 0 Å². The van der Waals surface area contributed by atoms with Gasteiger partial charge in [0, 0.05) is 18.8 Å². The van der Waals surface area contributed by atoms with Gasteiger partial charge in [-0.3, -0.25) is 9.59 Å². The molecule has 0 bridgehead atoms. The molecule has 0 aromatic carbocycles. The van der Waals surface area contributed by atoms with Crippen molar-refractivity contribution in [2.24, 2.45) is 5.92 Å². The second-order valence-electron chi connectivity index (χ2n) is 4.05. The normalized spacial score (nSPS) is 22.3. The van der Waals surface area contributed by atoms with Crippen molar-refractivity contribution in [2.45, 2.75) is 51.4 Å². The predicted octanol–water partition coefficient (Wildman–Crippen LogP) is 2.39. The maximum atomic E-state index is 11.4. The standard InChI is InChI=1S/C11H18O3/c12-10-7-3-1-5-9(10)6-2-4-8-11(13)14/h9H,1-8H2,(H,13,14). The van der Waals surface area contributed by atoms with Crippen molar-refractivity contribution in [2.75, 3.05) is 0 Å². The zero-order valence-corrected chi connectivity index (χ0v) is 8.50.